The van der Waals surface area contributed by atoms with Gasteiger partial charge in [0.25, 0.3) is 0 Å². The largest absolute Gasteiger partial charge is 0.325 e. The summed E-state index contributed by atoms with van der Waals surface area (Å²) in [5.74, 6) is 3.59. The van der Waals surface area contributed by atoms with E-state index in [1.807, 2.05) is 29.8 Å². The summed E-state index contributed by atoms with van der Waals surface area (Å²) in [7, 11) is 0. The minimum absolute atomic E-state index is 0.0439. The summed E-state index contributed by atoms with van der Waals surface area (Å²) in [5, 5.41) is 11.5. The number of rotatable bonds is 5. The molecular formula is C21H26N6O. The first-order valence-electron chi connectivity index (χ1n) is 9.80. The maximum absolute atomic E-state index is 12.5. The van der Waals surface area contributed by atoms with E-state index in [-0.39, 0.29) is 18.4 Å². The van der Waals surface area contributed by atoms with Crippen LogP contribution in [0.5, 0.6) is 0 Å². The molecule has 2 aromatic heterocycles. The Morgan fingerprint density at radius 3 is 3.00 bits per heavy atom. The van der Waals surface area contributed by atoms with Crippen LogP contribution in [0.15, 0.2) is 36.7 Å². The van der Waals surface area contributed by atoms with E-state index >= 15 is 0 Å². The predicted octanol–water partition coefficient (Wildman–Crippen LogP) is 3.28. The van der Waals surface area contributed by atoms with Crippen molar-refractivity contribution in [3.05, 3.63) is 59.7 Å². The highest BCUT2D eigenvalue weighted by atomic mass is 16.1. The Morgan fingerprint density at radius 2 is 2.18 bits per heavy atom. The Bertz CT molecular complexity index is 986. The maximum atomic E-state index is 12.5. The zero-order chi connectivity index (χ0) is 19.7. The highest BCUT2D eigenvalue weighted by Crippen LogP contribution is 2.30. The first kappa shape index (κ1) is 18.4. The van der Waals surface area contributed by atoms with E-state index in [1.165, 1.54) is 5.56 Å². The second-order valence-electron chi connectivity index (χ2n) is 7.75. The van der Waals surface area contributed by atoms with Crippen molar-refractivity contribution in [3.8, 4) is 0 Å². The first-order chi connectivity index (χ1) is 13.5. The van der Waals surface area contributed by atoms with Gasteiger partial charge in [-0.3, -0.25) is 4.79 Å². The molecule has 1 amide bonds. The van der Waals surface area contributed by atoms with Crippen LogP contribution in [0.2, 0.25) is 0 Å². The normalized spacial score (nSPS) is 16.2. The molecule has 1 aliphatic rings. The zero-order valence-electron chi connectivity index (χ0n) is 16.6. The summed E-state index contributed by atoms with van der Waals surface area (Å²) in [6, 6.07) is 8.18. The van der Waals surface area contributed by atoms with E-state index < -0.39 is 0 Å². The van der Waals surface area contributed by atoms with Crippen molar-refractivity contribution >= 4 is 11.6 Å². The number of nitrogens with zero attached hydrogens (tertiary/aromatic N) is 5. The maximum Gasteiger partial charge on any atom is 0.244 e. The summed E-state index contributed by atoms with van der Waals surface area (Å²) in [5.41, 5.74) is 2.07. The lowest BCUT2D eigenvalue weighted by Gasteiger charge is -2.24. The minimum Gasteiger partial charge on any atom is -0.325 e. The van der Waals surface area contributed by atoms with Gasteiger partial charge >= 0.3 is 0 Å². The molecule has 0 unspecified atom stereocenters. The fourth-order valence-electron chi connectivity index (χ4n) is 3.92. The fraction of sp³-hybridized carbons (Fsp3) is 0.429. The van der Waals surface area contributed by atoms with Crippen molar-refractivity contribution < 1.29 is 4.79 Å². The molecule has 1 atom stereocenters. The topological polar surface area (TPSA) is 77.6 Å². The summed E-state index contributed by atoms with van der Waals surface area (Å²) in [4.78, 5) is 16.9. The second-order valence-corrected chi connectivity index (χ2v) is 7.75. The van der Waals surface area contributed by atoms with Crippen molar-refractivity contribution in [2.45, 2.75) is 58.5 Å². The molecule has 3 heterocycles. The van der Waals surface area contributed by atoms with Gasteiger partial charge in [-0.1, -0.05) is 26.0 Å². The molecule has 4 rings (SSSR count). The van der Waals surface area contributed by atoms with Crippen molar-refractivity contribution in [2.75, 3.05) is 5.32 Å². The third-order valence-corrected chi connectivity index (χ3v) is 5.35. The monoisotopic (exact) mass is 378 g/mol. The van der Waals surface area contributed by atoms with Gasteiger partial charge in [-0.25, -0.2) is 4.98 Å². The van der Waals surface area contributed by atoms with Crippen LogP contribution in [0.3, 0.4) is 0 Å². The molecule has 3 aromatic rings. The van der Waals surface area contributed by atoms with E-state index in [0.29, 0.717) is 5.92 Å². The van der Waals surface area contributed by atoms with Crippen molar-refractivity contribution in [2.24, 2.45) is 0 Å². The molecule has 1 N–H and O–H groups in total. The molecular weight excluding hydrogens is 352 g/mol. The average molecular weight is 378 g/mol. The molecule has 0 aliphatic carbocycles. The van der Waals surface area contributed by atoms with E-state index in [2.05, 4.69) is 51.0 Å². The van der Waals surface area contributed by atoms with Crippen LogP contribution in [0.4, 0.5) is 5.69 Å². The van der Waals surface area contributed by atoms with Gasteiger partial charge in [0, 0.05) is 42.9 Å². The highest BCUT2D eigenvalue weighted by molar-refractivity contribution is 5.90. The molecule has 0 spiro atoms. The van der Waals surface area contributed by atoms with Crippen LogP contribution in [0.25, 0.3) is 0 Å². The van der Waals surface area contributed by atoms with E-state index in [0.717, 1.165) is 42.5 Å². The molecule has 28 heavy (non-hydrogen) atoms. The number of aryl methyl sites for hydroxylation is 2. The van der Waals surface area contributed by atoms with Gasteiger partial charge < -0.3 is 14.5 Å². The van der Waals surface area contributed by atoms with Crippen molar-refractivity contribution in [1.29, 1.82) is 0 Å². The summed E-state index contributed by atoms with van der Waals surface area (Å²) >= 11 is 0. The smallest absolute Gasteiger partial charge is 0.244 e. The van der Waals surface area contributed by atoms with Gasteiger partial charge in [-0.15, -0.1) is 10.2 Å². The lowest BCUT2D eigenvalue weighted by molar-refractivity contribution is -0.116. The lowest BCUT2D eigenvalue weighted by Crippen LogP contribution is -2.21. The van der Waals surface area contributed by atoms with E-state index in [9.17, 15) is 4.79 Å². The number of carbonyl (C=O) groups is 1. The molecule has 7 heteroatoms. The number of amides is 1. The number of carbonyl (C=O) groups excluding carboxylic acids is 1. The van der Waals surface area contributed by atoms with Gasteiger partial charge in [-0.05, 0) is 31.0 Å². The second kappa shape index (κ2) is 7.58. The molecule has 146 valence electrons. The quantitative estimate of drug-likeness (QED) is 0.739. The molecule has 0 fully saturated rings. The van der Waals surface area contributed by atoms with Crippen molar-refractivity contribution in [3.63, 3.8) is 0 Å². The summed E-state index contributed by atoms with van der Waals surface area (Å²) in [6.45, 7) is 7.31. The SMILES string of the molecule is Cc1nnc2n1C[C@H](c1cccc(NC(=O)Cn3ccnc3C(C)C)c1)CC2. The Morgan fingerprint density at radius 1 is 1.32 bits per heavy atom. The fourth-order valence-corrected chi connectivity index (χ4v) is 3.92. The number of hydrogen-bond acceptors (Lipinski definition) is 4. The lowest BCUT2D eigenvalue weighted by atomic mass is 9.91. The highest BCUT2D eigenvalue weighted by Gasteiger charge is 2.23. The number of anilines is 1. The standard InChI is InChI=1S/C21H26N6O/c1-14(2)21-22-9-10-26(21)13-20(28)23-18-6-4-5-16(11-18)17-7-8-19-25-24-15(3)27(19)12-17/h4-6,9-11,14,17H,7-8,12-13H2,1-3H3,(H,23,28)/t17-/m1/s1. The molecule has 7 nitrogen and oxygen atoms in total. The van der Waals surface area contributed by atoms with Gasteiger partial charge in [0.2, 0.25) is 5.91 Å². The number of nitrogens with one attached hydrogen (secondary N) is 1. The van der Waals surface area contributed by atoms with Crippen LogP contribution in [0.1, 0.15) is 55.1 Å². The summed E-state index contributed by atoms with van der Waals surface area (Å²) < 4.78 is 4.10. The van der Waals surface area contributed by atoms with Crippen molar-refractivity contribution in [1.82, 2.24) is 24.3 Å². The Kier molecular flexibility index (Phi) is 4.98. The van der Waals surface area contributed by atoms with E-state index in [1.54, 1.807) is 6.20 Å². The molecule has 0 saturated carbocycles. The third-order valence-electron chi connectivity index (χ3n) is 5.35. The van der Waals surface area contributed by atoms with Crippen LogP contribution in [-0.4, -0.2) is 30.2 Å². The number of hydrogen-bond donors (Lipinski definition) is 1. The number of aromatic nitrogens is 5. The third kappa shape index (κ3) is 3.69. The van der Waals surface area contributed by atoms with Gasteiger partial charge in [-0.2, -0.15) is 0 Å². The number of imidazole rings is 1. The number of benzene rings is 1. The first-order valence-corrected chi connectivity index (χ1v) is 9.80. The van der Waals surface area contributed by atoms with Crippen LogP contribution < -0.4 is 5.32 Å². The van der Waals surface area contributed by atoms with Crippen LogP contribution in [-0.2, 0) is 24.3 Å². The van der Waals surface area contributed by atoms with Crippen LogP contribution in [0, 0.1) is 6.92 Å². The Balaban J connectivity index is 1.45. The Labute approximate surface area is 164 Å². The van der Waals surface area contributed by atoms with E-state index in [4.69, 9.17) is 0 Å². The molecule has 1 aliphatic heterocycles. The Hall–Kier alpha value is -2.96. The minimum atomic E-state index is -0.0439. The molecule has 0 saturated heterocycles. The van der Waals surface area contributed by atoms with Crippen LogP contribution >= 0.6 is 0 Å². The van der Waals surface area contributed by atoms with Gasteiger partial charge in [0.1, 0.15) is 24.0 Å². The predicted molar refractivity (Wildman–Crippen MR) is 107 cm³/mol. The van der Waals surface area contributed by atoms with Gasteiger partial charge in [0.15, 0.2) is 0 Å². The van der Waals surface area contributed by atoms with Gasteiger partial charge in [0.05, 0.1) is 0 Å². The zero-order valence-corrected chi connectivity index (χ0v) is 16.6. The summed E-state index contributed by atoms with van der Waals surface area (Å²) in [6.07, 6.45) is 5.57. The average Bonchev–Trinajstić information content (AvgIpc) is 3.28. The molecule has 0 bridgehead atoms. The molecule has 0 radical (unpaired) electrons. The molecule has 1 aromatic carbocycles. The number of fused-ring (bicyclic) bond motifs is 1.